The minimum atomic E-state index is -1.58. The molecule has 7 nitrogen and oxygen atoms in total. The van der Waals surface area contributed by atoms with Crippen LogP contribution in [0.15, 0.2) is 42.3 Å². The van der Waals surface area contributed by atoms with Crippen molar-refractivity contribution in [2.45, 2.75) is 13.3 Å². The van der Waals surface area contributed by atoms with Gasteiger partial charge in [-0.1, -0.05) is 24.3 Å². The van der Waals surface area contributed by atoms with Crippen molar-refractivity contribution in [1.29, 1.82) is 0 Å². The van der Waals surface area contributed by atoms with Gasteiger partial charge in [-0.25, -0.2) is 4.79 Å². The van der Waals surface area contributed by atoms with Crippen molar-refractivity contribution in [2.24, 2.45) is 0 Å². The fourth-order valence-corrected chi connectivity index (χ4v) is 1.99. The monoisotopic (exact) mass is 314 g/mol. The Labute approximate surface area is 131 Å². The SMILES string of the molecule is CC(=O)c1ccc(Cc2cn[nH]c2C(=O)C=C(O)C(=O)O)cc1. The van der Waals surface area contributed by atoms with Crippen LogP contribution in [0.1, 0.15) is 38.9 Å². The number of carbonyl (C=O) groups is 3. The molecule has 0 atom stereocenters. The van der Waals surface area contributed by atoms with E-state index in [1.165, 1.54) is 13.1 Å². The summed E-state index contributed by atoms with van der Waals surface area (Å²) >= 11 is 0. The second-order valence-electron chi connectivity index (χ2n) is 4.90. The number of aromatic amines is 1. The lowest BCUT2D eigenvalue weighted by Gasteiger charge is -2.03. The predicted molar refractivity (Wildman–Crippen MR) is 80.5 cm³/mol. The van der Waals surface area contributed by atoms with Crippen LogP contribution in [0.25, 0.3) is 0 Å². The average Bonchev–Trinajstić information content (AvgIpc) is 2.95. The second kappa shape index (κ2) is 6.69. The van der Waals surface area contributed by atoms with Gasteiger partial charge in [-0.2, -0.15) is 5.10 Å². The Balaban J connectivity index is 2.21. The van der Waals surface area contributed by atoms with Gasteiger partial charge >= 0.3 is 5.97 Å². The van der Waals surface area contributed by atoms with Crippen LogP contribution in [0.3, 0.4) is 0 Å². The van der Waals surface area contributed by atoms with E-state index < -0.39 is 17.5 Å². The topological polar surface area (TPSA) is 120 Å². The minimum absolute atomic E-state index is 0.0370. The number of nitrogens with zero attached hydrogens (tertiary/aromatic N) is 1. The third-order valence-electron chi connectivity index (χ3n) is 3.21. The summed E-state index contributed by atoms with van der Waals surface area (Å²) in [5.74, 6) is -3.34. The number of H-pyrrole nitrogens is 1. The number of aromatic nitrogens is 2. The van der Waals surface area contributed by atoms with E-state index >= 15 is 0 Å². The van der Waals surface area contributed by atoms with Crippen LogP contribution < -0.4 is 0 Å². The molecule has 23 heavy (non-hydrogen) atoms. The zero-order chi connectivity index (χ0) is 17.0. The van der Waals surface area contributed by atoms with Crippen molar-refractivity contribution in [3.63, 3.8) is 0 Å². The van der Waals surface area contributed by atoms with E-state index in [-0.39, 0.29) is 11.5 Å². The van der Waals surface area contributed by atoms with Crippen molar-refractivity contribution in [2.75, 3.05) is 0 Å². The number of Topliss-reactive ketones (excluding diaryl/α,β-unsaturated/α-hetero) is 1. The van der Waals surface area contributed by atoms with Gasteiger partial charge in [0.1, 0.15) is 5.69 Å². The zero-order valence-electron chi connectivity index (χ0n) is 12.2. The van der Waals surface area contributed by atoms with Gasteiger partial charge in [-0.15, -0.1) is 0 Å². The lowest BCUT2D eigenvalue weighted by molar-refractivity contribution is -0.135. The van der Waals surface area contributed by atoms with Gasteiger partial charge in [0.25, 0.3) is 0 Å². The number of ketones is 2. The molecular weight excluding hydrogens is 300 g/mol. The predicted octanol–water partition coefficient (Wildman–Crippen LogP) is 1.91. The van der Waals surface area contributed by atoms with Crippen LogP contribution in [0.5, 0.6) is 0 Å². The Morgan fingerprint density at radius 3 is 2.39 bits per heavy atom. The first-order valence-electron chi connectivity index (χ1n) is 6.69. The molecule has 0 radical (unpaired) electrons. The molecule has 1 aromatic carbocycles. The molecule has 2 rings (SSSR count). The van der Waals surface area contributed by atoms with E-state index in [2.05, 4.69) is 10.2 Å². The van der Waals surface area contributed by atoms with Crippen LogP contribution in [-0.4, -0.2) is 37.9 Å². The molecule has 0 spiro atoms. The van der Waals surface area contributed by atoms with E-state index in [9.17, 15) is 14.4 Å². The van der Waals surface area contributed by atoms with Crippen molar-refractivity contribution >= 4 is 17.5 Å². The Kier molecular flexibility index (Phi) is 4.70. The van der Waals surface area contributed by atoms with Gasteiger partial charge in [-0.3, -0.25) is 14.7 Å². The molecule has 0 amide bonds. The summed E-state index contributed by atoms with van der Waals surface area (Å²) in [4.78, 5) is 33.7. The maximum Gasteiger partial charge on any atom is 0.371 e. The highest BCUT2D eigenvalue weighted by Gasteiger charge is 2.15. The lowest BCUT2D eigenvalue weighted by Crippen LogP contribution is -2.06. The summed E-state index contributed by atoms with van der Waals surface area (Å²) in [5.41, 5.74) is 2.11. The highest BCUT2D eigenvalue weighted by Crippen LogP contribution is 2.15. The van der Waals surface area contributed by atoms with Crippen LogP contribution >= 0.6 is 0 Å². The number of aliphatic carboxylic acids is 1. The summed E-state index contributed by atoms with van der Waals surface area (Å²) in [6, 6.07) is 6.91. The first-order valence-corrected chi connectivity index (χ1v) is 6.69. The maximum absolute atomic E-state index is 12.0. The van der Waals surface area contributed by atoms with E-state index in [1.54, 1.807) is 24.3 Å². The molecule has 0 aliphatic carbocycles. The number of hydrogen-bond acceptors (Lipinski definition) is 5. The number of allylic oxidation sites excluding steroid dienone is 1. The summed E-state index contributed by atoms with van der Waals surface area (Å²) < 4.78 is 0. The largest absolute Gasteiger partial charge is 0.502 e. The smallest absolute Gasteiger partial charge is 0.371 e. The molecule has 1 heterocycles. The van der Waals surface area contributed by atoms with E-state index in [0.717, 1.165) is 5.56 Å². The van der Waals surface area contributed by atoms with Gasteiger partial charge in [0, 0.05) is 23.6 Å². The summed E-state index contributed by atoms with van der Waals surface area (Å²) in [6.07, 6.45) is 2.45. The average molecular weight is 314 g/mol. The van der Waals surface area contributed by atoms with Crippen molar-refractivity contribution < 1.29 is 24.6 Å². The van der Waals surface area contributed by atoms with Crippen molar-refractivity contribution in [3.05, 3.63) is 64.7 Å². The maximum atomic E-state index is 12.0. The molecule has 1 aromatic heterocycles. The van der Waals surface area contributed by atoms with Crippen molar-refractivity contribution in [1.82, 2.24) is 10.2 Å². The minimum Gasteiger partial charge on any atom is -0.502 e. The first kappa shape index (κ1) is 16.2. The molecule has 0 saturated heterocycles. The number of aliphatic hydroxyl groups excluding tert-OH is 1. The molecule has 7 heteroatoms. The zero-order valence-corrected chi connectivity index (χ0v) is 12.2. The standard InChI is InChI=1S/C16H14N2O5/c1-9(19)11-4-2-10(3-5-11)6-12-8-17-18-15(12)13(20)7-14(21)16(22)23/h2-5,7-8,21H,6H2,1H3,(H,17,18)(H,22,23). The van der Waals surface area contributed by atoms with Gasteiger partial charge in [0.05, 0.1) is 6.20 Å². The second-order valence-corrected chi connectivity index (χ2v) is 4.90. The fraction of sp³-hybridized carbons (Fsp3) is 0.125. The lowest BCUT2D eigenvalue weighted by atomic mass is 10.0. The summed E-state index contributed by atoms with van der Waals surface area (Å²) in [6.45, 7) is 1.48. The number of carboxylic acid groups (broad SMARTS) is 1. The van der Waals surface area contributed by atoms with Gasteiger partial charge in [0.15, 0.2) is 5.78 Å². The summed E-state index contributed by atoms with van der Waals surface area (Å²) in [5, 5.41) is 24.0. The Morgan fingerprint density at radius 2 is 1.83 bits per heavy atom. The fourth-order valence-electron chi connectivity index (χ4n) is 1.99. The molecule has 0 fully saturated rings. The van der Waals surface area contributed by atoms with Gasteiger partial charge in [-0.05, 0) is 12.5 Å². The Hall–Kier alpha value is -3.22. The highest BCUT2D eigenvalue weighted by molar-refractivity contribution is 6.07. The van der Waals surface area contributed by atoms with E-state index in [4.69, 9.17) is 10.2 Å². The van der Waals surface area contributed by atoms with Crippen molar-refractivity contribution in [3.8, 4) is 0 Å². The normalized spacial score (nSPS) is 11.3. The number of benzene rings is 1. The van der Waals surface area contributed by atoms with Crippen LogP contribution in [0.2, 0.25) is 0 Å². The quantitative estimate of drug-likeness (QED) is 0.425. The highest BCUT2D eigenvalue weighted by atomic mass is 16.4. The first-order chi connectivity index (χ1) is 10.9. The number of nitrogens with one attached hydrogen (secondary N) is 1. The van der Waals surface area contributed by atoms with Crippen LogP contribution in [0.4, 0.5) is 0 Å². The molecular formula is C16H14N2O5. The van der Waals surface area contributed by atoms with Crippen LogP contribution in [-0.2, 0) is 11.2 Å². The Bertz CT molecular complexity index is 787. The molecule has 2 aromatic rings. The molecule has 0 saturated carbocycles. The number of carbonyl (C=O) groups excluding carboxylic acids is 2. The molecule has 3 N–H and O–H groups in total. The molecule has 118 valence electrons. The number of aliphatic hydroxyl groups is 1. The third-order valence-corrected chi connectivity index (χ3v) is 3.21. The van der Waals surface area contributed by atoms with Crippen LogP contribution in [0, 0.1) is 0 Å². The number of hydrogen-bond donors (Lipinski definition) is 3. The number of rotatable bonds is 6. The van der Waals surface area contributed by atoms with Gasteiger partial charge < -0.3 is 10.2 Å². The molecule has 0 aliphatic rings. The van der Waals surface area contributed by atoms with Gasteiger partial charge in [0.2, 0.25) is 11.5 Å². The molecule has 0 unspecified atom stereocenters. The molecule has 0 aliphatic heterocycles. The van der Waals surface area contributed by atoms with E-state index in [0.29, 0.717) is 23.6 Å². The molecule has 0 bridgehead atoms. The Morgan fingerprint density at radius 1 is 1.17 bits per heavy atom. The summed E-state index contributed by atoms with van der Waals surface area (Å²) in [7, 11) is 0. The number of carboxylic acids is 1. The van der Waals surface area contributed by atoms with E-state index in [1.807, 2.05) is 0 Å². The third kappa shape index (κ3) is 3.91.